The molecule has 1 fully saturated rings. The third kappa shape index (κ3) is 3.46. The van der Waals surface area contributed by atoms with Gasteiger partial charge in [-0.1, -0.05) is 25.0 Å². The molecule has 1 N–H and O–H groups in total. The van der Waals surface area contributed by atoms with Crippen molar-refractivity contribution in [2.45, 2.75) is 37.1 Å². The van der Waals surface area contributed by atoms with Crippen LogP contribution in [0.4, 0.5) is 0 Å². The minimum Gasteiger partial charge on any atom is -0.497 e. The fraction of sp³-hybridized carbons (Fsp3) is 0.500. The predicted octanol–water partition coefficient (Wildman–Crippen LogP) is 2.74. The summed E-state index contributed by atoms with van der Waals surface area (Å²) in [6, 6.07) is 9.57. The zero-order chi connectivity index (χ0) is 18.6. The summed E-state index contributed by atoms with van der Waals surface area (Å²) in [6.07, 6.45) is 5.56. The van der Waals surface area contributed by atoms with Crippen molar-refractivity contribution in [2.75, 3.05) is 20.8 Å². The molecule has 1 aromatic carbocycles. The Labute approximate surface area is 154 Å². The summed E-state index contributed by atoms with van der Waals surface area (Å²) >= 11 is 0. The Morgan fingerprint density at radius 2 is 1.92 bits per heavy atom. The van der Waals surface area contributed by atoms with Crippen LogP contribution in [0.3, 0.4) is 0 Å². The van der Waals surface area contributed by atoms with Crippen molar-refractivity contribution in [2.24, 2.45) is 7.05 Å². The van der Waals surface area contributed by atoms with Crippen LogP contribution in [0, 0.1) is 0 Å². The Balaban J connectivity index is 1.87. The number of amides is 1. The normalized spacial score (nSPS) is 17.0. The van der Waals surface area contributed by atoms with E-state index >= 15 is 0 Å². The molecular formula is C20H27N3O3. The molecule has 6 heteroatoms. The van der Waals surface area contributed by atoms with E-state index in [1.807, 2.05) is 37.4 Å². The van der Waals surface area contributed by atoms with Gasteiger partial charge in [-0.3, -0.25) is 9.48 Å². The van der Waals surface area contributed by atoms with E-state index in [0.29, 0.717) is 6.61 Å². The van der Waals surface area contributed by atoms with Crippen LogP contribution in [-0.4, -0.2) is 36.5 Å². The number of aromatic nitrogens is 2. The van der Waals surface area contributed by atoms with Crippen molar-refractivity contribution in [3.8, 4) is 5.75 Å². The fourth-order valence-corrected chi connectivity index (χ4v) is 3.93. The second kappa shape index (κ2) is 7.91. The van der Waals surface area contributed by atoms with Gasteiger partial charge in [0.1, 0.15) is 5.75 Å². The number of carbonyl (C=O) groups is 1. The van der Waals surface area contributed by atoms with Gasteiger partial charge in [0.25, 0.3) is 0 Å². The molecule has 1 aromatic heterocycles. The van der Waals surface area contributed by atoms with E-state index in [-0.39, 0.29) is 11.9 Å². The van der Waals surface area contributed by atoms with Crippen LogP contribution in [-0.2, 0) is 22.0 Å². The first kappa shape index (κ1) is 18.5. The van der Waals surface area contributed by atoms with Gasteiger partial charge < -0.3 is 14.8 Å². The van der Waals surface area contributed by atoms with Crippen molar-refractivity contribution < 1.29 is 14.3 Å². The predicted molar refractivity (Wildman–Crippen MR) is 99.1 cm³/mol. The Kier molecular flexibility index (Phi) is 5.61. The minimum atomic E-state index is -0.489. The maximum Gasteiger partial charge on any atom is 0.231 e. The summed E-state index contributed by atoms with van der Waals surface area (Å²) in [6.45, 7) is 0.407. The van der Waals surface area contributed by atoms with E-state index in [1.165, 1.54) is 0 Å². The third-order valence-corrected chi connectivity index (χ3v) is 5.39. The largest absolute Gasteiger partial charge is 0.497 e. The molecule has 140 valence electrons. The number of benzene rings is 1. The van der Waals surface area contributed by atoms with Gasteiger partial charge in [-0.2, -0.15) is 5.10 Å². The molecule has 1 heterocycles. The second-order valence-corrected chi connectivity index (χ2v) is 6.88. The monoisotopic (exact) mass is 357 g/mol. The summed E-state index contributed by atoms with van der Waals surface area (Å²) in [4.78, 5) is 13.4. The highest BCUT2D eigenvalue weighted by Gasteiger charge is 2.43. The topological polar surface area (TPSA) is 65.4 Å². The molecule has 1 amide bonds. The van der Waals surface area contributed by atoms with E-state index in [1.54, 1.807) is 25.1 Å². The Morgan fingerprint density at radius 3 is 2.46 bits per heavy atom. The van der Waals surface area contributed by atoms with Crippen LogP contribution >= 0.6 is 0 Å². The van der Waals surface area contributed by atoms with E-state index in [4.69, 9.17) is 9.47 Å². The standard InChI is InChI=1S/C20H27N3O3/c1-23-18(10-13-21-23)17(14-25-2)22-19(24)20(11-4-5-12-20)15-6-8-16(26-3)9-7-15/h6-10,13,17H,4-5,11-12,14H2,1-3H3,(H,22,24)/t17-/m0/s1. The summed E-state index contributed by atoms with van der Waals surface area (Å²) in [5.41, 5.74) is 1.49. The molecule has 0 radical (unpaired) electrons. The average Bonchev–Trinajstić information content (AvgIpc) is 3.31. The maximum absolute atomic E-state index is 13.4. The van der Waals surface area contributed by atoms with Crippen molar-refractivity contribution in [1.82, 2.24) is 15.1 Å². The lowest BCUT2D eigenvalue weighted by atomic mass is 9.77. The van der Waals surface area contributed by atoms with Crippen molar-refractivity contribution in [3.05, 3.63) is 47.8 Å². The quantitative estimate of drug-likeness (QED) is 0.827. The minimum absolute atomic E-state index is 0.0587. The van der Waals surface area contributed by atoms with Gasteiger partial charge in [-0.25, -0.2) is 0 Å². The molecule has 0 aliphatic heterocycles. The smallest absolute Gasteiger partial charge is 0.231 e. The van der Waals surface area contributed by atoms with Crippen LogP contribution in [0.2, 0.25) is 0 Å². The van der Waals surface area contributed by atoms with Gasteiger partial charge in [0.05, 0.1) is 30.9 Å². The number of hydrogen-bond acceptors (Lipinski definition) is 4. The van der Waals surface area contributed by atoms with Gasteiger partial charge in [-0.05, 0) is 36.6 Å². The number of ether oxygens (including phenoxy) is 2. The number of methoxy groups -OCH3 is 2. The highest BCUT2D eigenvalue weighted by atomic mass is 16.5. The third-order valence-electron chi connectivity index (χ3n) is 5.39. The van der Waals surface area contributed by atoms with Gasteiger partial charge in [0, 0.05) is 20.4 Å². The van der Waals surface area contributed by atoms with Crippen molar-refractivity contribution in [1.29, 1.82) is 0 Å². The van der Waals surface area contributed by atoms with Crippen LogP contribution in [0.25, 0.3) is 0 Å². The lowest BCUT2D eigenvalue weighted by Crippen LogP contribution is -2.45. The summed E-state index contributed by atoms with van der Waals surface area (Å²) in [5, 5.41) is 7.43. The summed E-state index contributed by atoms with van der Waals surface area (Å²) < 4.78 is 12.4. The van der Waals surface area contributed by atoms with Crippen LogP contribution in [0.15, 0.2) is 36.5 Å². The zero-order valence-corrected chi connectivity index (χ0v) is 15.7. The molecule has 26 heavy (non-hydrogen) atoms. The number of nitrogens with zero attached hydrogens (tertiary/aromatic N) is 2. The lowest BCUT2D eigenvalue weighted by molar-refractivity contribution is -0.127. The van der Waals surface area contributed by atoms with Crippen LogP contribution < -0.4 is 10.1 Å². The van der Waals surface area contributed by atoms with E-state index in [9.17, 15) is 4.79 Å². The molecule has 0 saturated heterocycles. The Bertz CT molecular complexity index is 733. The summed E-state index contributed by atoms with van der Waals surface area (Å²) in [7, 11) is 5.17. The maximum atomic E-state index is 13.4. The van der Waals surface area contributed by atoms with Crippen molar-refractivity contribution >= 4 is 5.91 Å². The number of rotatable bonds is 7. The van der Waals surface area contributed by atoms with Gasteiger partial charge >= 0.3 is 0 Å². The second-order valence-electron chi connectivity index (χ2n) is 6.88. The van der Waals surface area contributed by atoms with Gasteiger partial charge in [0.15, 0.2) is 0 Å². The number of aryl methyl sites for hydroxylation is 1. The zero-order valence-electron chi connectivity index (χ0n) is 15.7. The molecule has 1 atom stereocenters. The Morgan fingerprint density at radius 1 is 1.23 bits per heavy atom. The SMILES string of the molecule is COC[C@H](NC(=O)C1(c2ccc(OC)cc2)CCCC1)c1ccnn1C. The van der Waals surface area contributed by atoms with Crippen LogP contribution in [0.1, 0.15) is 43.0 Å². The molecular weight excluding hydrogens is 330 g/mol. The number of hydrogen-bond donors (Lipinski definition) is 1. The first-order chi connectivity index (χ1) is 12.6. The molecule has 6 nitrogen and oxygen atoms in total. The summed E-state index contributed by atoms with van der Waals surface area (Å²) in [5.74, 6) is 0.859. The van der Waals surface area contributed by atoms with E-state index < -0.39 is 5.41 Å². The van der Waals surface area contributed by atoms with Crippen molar-refractivity contribution in [3.63, 3.8) is 0 Å². The highest BCUT2D eigenvalue weighted by molar-refractivity contribution is 5.89. The molecule has 1 aliphatic carbocycles. The van der Waals surface area contributed by atoms with Gasteiger partial charge in [-0.15, -0.1) is 0 Å². The average molecular weight is 357 g/mol. The Hall–Kier alpha value is -2.34. The first-order valence-corrected chi connectivity index (χ1v) is 9.03. The molecule has 0 spiro atoms. The molecule has 1 saturated carbocycles. The van der Waals surface area contributed by atoms with E-state index in [2.05, 4.69) is 10.4 Å². The van der Waals surface area contributed by atoms with E-state index in [0.717, 1.165) is 42.7 Å². The highest BCUT2D eigenvalue weighted by Crippen LogP contribution is 2.42. The molecule has 0 unspecified atom stereocenters. The molecule has 3 rings (SSSR count). The molecule has 0 bridgehead atoms. The fourth-order valence-electron chi connectivity index (χ4n) is 3.93. The molecule has 1 aliphatic rings. The van der Waals surface area contributed by atoms with Crippen LogP contribution in [0.5, 0.6) is 5.75 Å². The lowest BCUT2D eigenvalue weighted by Gasteiger charge is -2.31. The number of nitrogens with one attached hydrogen (secondary N) is 1. The number of carbonyl (C=O) groups excluding carboxylic acids is 1. The first-order valence-electron chi connectivity index (χ1n) is 9.03. The van der Waals surface area contributed by atoms with Gasteiger partial charge in [0.2, 0.25) is 5.91 Å². The molecule has 2 aromatic rings.